The molecule has 6 nitrogen and oxygen atoms in total. The van der Waals surface area contributed by atoms with Crippen molar-refractivity contribution in [1.82, 2.24) is 9.55 Å². The van der Waals surface area contributed by atoms with E-state index in [9.17, 15) is 0 Å². The first-order valence-electron chi connectivity index (χ1n) is 7.87. The van der Waals surface area contributed by atoms with Crippen molar-refractivity contribution in [2.75, 3.05) is 28.4 Å². The van der Waals surface area contributed by atoms with E-state index in [4.69, 9.17) is 31.2 Å². The molecule has 7 heteroatoms. The summed E-state index contributed by atoms with van der Waals surface area (Å²) >= 11 is 5.49. The molecule has 0 radical (unpaired) electrons. The lowest BCUT2D eigenvalue weighted by Crippen LogP contribution is -1.95. The molecule has 0 amide bonds. The molecule has 0 fully saturated rings. The first-order chi connectivity index (χ1) is 12.6. The Kier molecular flexibility index (Phi) is 5.18. The van der Waals surface area contributed by atoms with E-state index in [1.807, 2.05) is 47.2 Å². The van der Waals surface area contributed by atoms with Crippen molar-refractivity contribution in [1.29, 1.82) is 0 Å². The number of nitrogens with one attached hydrogen (secondary N) is 1. The number of hydrogen-bond donors (Lipinski definition) is 1. The second kappa shape index (κ2) is 7.53. The largest absolute Gasteiger partial charge is 0.497 e. The monoisotopic (exact) mass is 372 g/mol. The average Bonchev–Trinajstić information content (AvgIpc) is 3.08. The molecule has 0 saturated heterocycles. The molecule has 3 rings (SSSR count). The summed E-state index contributed by atoms with van der Waals surface area (Å²) in [5, 5.41) is 0. The van der Waals surface area contributed by atoms with E-state index in [1.165, 1.54) is 0 Å². The van der Waals surface area contributed by atoms with Gasteiger partial charge >= 0.3 is 0 Å². The molecule has 0 atom stereocenters. The molecule has 0 aliphatic heterocycles. The second-order valence-electron chi connectivity index (χ2n) is 5.48. The highest BCUT2D eigenvalue weighted by Gasteiger charge is 2.11. The Balaban J connectivity index is 2.07. The molecular weight excluding hydrogens is 352 g/mol. The zero-order valence-electron chi connectivity index (χ0n) is 15.0. The van der Waals surface area contributed by atoms with Gasteiger partial charge in [-0.1, -0.05) is 0 Å². The van der Waals surface area contributed by atoms with E-state index in [0.29, 0.717) is 27.8 Å². The SMILES string of the molecule is COc1cc(OC)cc(-n2cc(-c3ccc(OC)c(OC)c3)[nH]c2=S)c1. The van der Waals surface area contributed by atoms with E-state index in [0.717, 1.165) is 16.9 Å². The van der Waals surface area contributed by atoms with Crippen LogP contribution in [0, 0.1) is 4.77 Å². The maximum Gasteiger partial charge on any atom is 0.182 e. The molecule has 2 aromatic carbocycles. The minimum absolute atomic E-state index is 0.560. The van der Waals surface area contributed by atoms with Gasteiger partial charge in [-0.05, 0) is 30.4 Å². The number of aromatic nitrogens is 2. The van der Waals surface area contributed by atoms with Gasteiger partial charge in [0.05, 0.1) is 39.8 Å². The molecule has 0 bridgehead atoms. The predicted octanol–water partition coefficient (Wildman–Crippen LogP) is 4.24. The summed E-state index contributed by atoms with van der Waals surface area (Å²) in [5.74, 6) is 2.71. The number of aromatic amines is 1. The molecule has 0 aliphatic rings. The standard InChI is InChI=1S/C19H20N2O4S/c1-22-14-8-13(9-15(10-14)23-2)21-11-16(20-19(21)26)12-5-6-17(24-3)18(7-12)25-4/h5-11H,1-4H3,(H,20,26). The van der Waals surface area contributed by atoms with Crippen molar-refractivity contribution in [3.05, 3.63) is 47.4 Å². The lowest BCUT2D eigenvalue weighted by atomic mass is 10.1. The highest BCUT2D eigenvalue weighted by atomic mass is 32.1. The number of nitrogens with zero attached hydrogens (tertiary/aromatic N) is 1. The van der Waals surface area contributed by atoms with Crippen LogP contribution >= 0.6 is 12.2 Å². The lowest BCUT2D eigenvalue weighted by Gasteiger charge is -2.09. The van der Waals surface area contributed by atoms with Crippen molar-refractivity contribution in [3.8, 4) is 39.9 Å². The van der Waals surface area contributed by atoms with Crippen LogP contribution in [-0.4, -0.2) is 38.0 Å². The van der Waals surface area contributed by atoms with Crippen molar-refractivity contribution < 1.29 is 18.9 Å². The smallest absolute Gasteiger partial charge is 0.182 e. The quantitative estimate of drug-likeness (QED) is 0.656. The predicted molar refractivity (Wildman–Crippen MR) is 103 cm³/mol. The Labute approximate surface area is 156 Å². The van der Waals surface area contributed by atoms with Gasteiger partial charge in [0, 0.05) is 30.0 Å². The highest BCUT2D eigenvalue weighted by molar-refractivity contribution is 7.71. The summed E-state index contributed by atoms with van der Waals surface area (Å²) in [6.07, 6.45) is 1.93. The second-order valence-corrected chi connectivity index (χ2v) is 5.87. The number of methoxy groups -OCH3 is 4. The van der Waals surface area contributed by atoms with Gasteiger partial charge in [0.15, 0.2) is 16.3 Å². The van der Waals surface area contributed by atoms with Crippen LogP contribution in [0.3, 0.4) is 0 Å². The maximum atomic E-state index is 5.49. The van der Waals surface area contributed by atoms with Gasteiger partial charge in [-0.25, -0.2) is 0 Å². The minimum Gasteiger partial charge on any atom is -0.497 e. The Morgan fingerprint density at radius 2 is 1.46 bits per heavy atom. The Morgan fingerprint density at radius 1 is 0.808 bits per heavy atom. The molecule has 1 heterocycles. The molecule has 1 aromatic heterocycles. The van der Waals surface area contributed by atoms with E-state index in [1.54, 1.807) is 28.4 Å². The van der Waals surface area contributed by atoms with E-state index >= 15 is 0 Å². The number of H-pyrrole nitrogens is 1. The third-order valence-corrected chi connectivity index (χ3v) is 4.33. The van der Waals surface area contributed by atoms with Crippen LogP contribution in [0.1, 0.15) is 0 Å². The summed E-state index contributed by atoms with van der Waals surface area (Å²) in [6, 6.07) is 11.3. The third kappa shape index (κ3) is 3.39. The summed E-state index contributed by atoms with van der Waals surface area (Å²) in [6.45, 7) is 0. The first-order valence-corrected chi connectivity index (χ1v) is 8.28. The fourth-order valence-electron chi connectivity index (χ4n) is 2.67. The van der Waals surface area contributed by atoms with Gasteiger partial charge in [0.25, 0.3) is 0 Å². The minimum atomic E-state index is 0.560. The fraction of sp³-hybridized carbons (Fsp3) is 0.211. The van der Waals surface area contributed by atoms with Gasteiger partial charge in [0.1, 0.15) is 11.5 Å². The van der Waals surface area contributed by atoms with Crippen LogP contribution in [0.4, 0.5) is 0 Å². The molecule has 0 spiro atoms. The maximum absolute atomic E-state index is 5.49. The fourth-order valence-corrected chi connectivity index (χ4v) is 2.94. The molecule has 0 unspecified atom stereocenters. The summed E-state index contributed by atoms with van der Waals surface area (Å²) in [4.78, 5) is 3.22. The normalized spacial score (nSPS) is 10.5. The molecule has 136 valence electrons. The van der Waals surface area contributed by atoms with Crippen molar-refractivity contribution in [2.24, 2.45) is 0 Å². The molecule has 0 saturated carbocycles. The molecular formula is C19H20N2O4S. The van der Waals surface area contributed by atoms with Gasteiger partial charge in [0.2, 0.25) is 0 Å². The van der Waals surface area contributed by atoms with E-state index in [-0.39, 0.29) is 0 Å². The highest BCUT2D eigenvalue weighted by Crippen LogP contribution is 2.32. The van der Waals surface area contributed by atoms with Crippen molar-refractivity contribution >= 4 is 12.2 Å². The Morgan fingerprint density at radius 3 is 2.04 bits per heavy atom. The van der Waals surface area contributed by atoms with Crippen LogP contribution in [0.15, 0.2) is 42.6 Å². The van der Waals surface area contributed by atoms with Crippen LogP contribution in [-0.2, 0) is 0 Å². The van der Waals surface area contributed by atoms with Gasteiger partial charge in [-0.3, -0.25) is 4.57 Å². The Bertz CT molecular complexity index is 956. The molecule has 26 heavy (non-hydrogen) atoms. The van der Waals surface area contributed by atoms with Crippen LogP contribution in [0.2, 0.25) is 0 Å². The lowest BCUT2D eigenvalue weighted by molar-refractivity contribution is 0.355. The third-order valence-electron chi connectivity index (χ3n) is 4.03. The zero-order valence-corrected chi connectivity index (χ0v) is 15.8. The van der Waals surface area contributed by atoms with Crippen molar-refractivity contribution in [3.63, 3.8) is 0 Å². The Hall–Kier alpha value is -2.93. The first kappa shape index (κ1) is 17.9. The van der Waals surface area contributed by atoms with Crippen molar-refractivity contribution in [2.45, 2.75) is 0 Å². The molecule has 1 N–H and O–H groups in total. The van der Waals surface area contributed by atoms with Crippen LogP contribution in [0.25, 0.3) is 16.9 Å². The van der Waals surface area contributed by atoms with Crippen LogP contribution in [0.5, 0.6) is 23.0 Å². The number of benzene rings is 2. The van der Waals surface area contributed by atoms with Gasteiger partial charge < -0.3 is 23.9 Å². The van der Waals surface area contributed by atoms with Crippen LogP contribution < -0.4 is 18.9 Å². The van der Waals surface area contributed by atoms with E-state index < -0.39 is 0 Å². The topological polar surface area (TPSA) is 57.6 Å². The zero-order chi connectivity index (χ0) is 18.7. The summed E-state index contributed by atoms with van der Waals surface area (Å²) < 4.78 is 23.8. The van der Waals surface area contributed by atoms with Gasteiger partial charge in [-0.2, -0.15) is 0 Å². The number of imidazole rings is 1. The summed E-state index contributed by atoms with van der Waals surface area (Å²) in [7, 11) is 6.45. The molecule has 3 aromatic rings. The van der Waals surface area contributed by atoms with E-state index in [2.05, 4.69) is 4.98 Å². The number of ether oxygens (including phenoxy) is 4. The summed E-state index contributed by atoms with van der Waals surface area (Å²) in [5.41, 5.74) is 2.63. The average molecular weight is 372 g/mol. The number of hydrogen-bond acceptors (Lipinski definition) is 5. The molecule has 0 aliphatic carbocycles. The number of rotatable bonds is 6. The van der Waals surface area contributed by atoms with Gasteiger partial charge in [-0.15, -0.1) is 0 Å².